The summed E-state index contributed by atoms with van der Waals surface area (Å²) >= 11 is 0. The van der Waals surface area contributed by atoms with Gasteiger partial charge in [-0.25, -0.2) is 0 Å². The number of fused-ring (bicyclic) bond motifs is 1. The smallest absolute Gasteiger partial charge is 0.276 e. The fourth-order valence-electron chi connectivity index (χ4n) is 5.67. The molecule has 1 aromatic carbocycles. The molecule has 7 heteroatoms. The van der Waals surface area contributed by atoms with Crippen LogP contribution in [0.2, 0.25) is 0 Å². The molecule has 3 heterocycles. The first-order chi connectivity index (χ1) is 19.3. The zero-order valence-corrected chi connectivity index (χ0v) is 23.7. The highest BCUT2D eigenvalue weighted by Gasteiger charge is 2.22. The lowest BCUT2D eigenvalue weighted by Gasteiger charge is -2.29. The van der Waals surface area contributed by atoms with Crippen molar-refractivity contribution < 1.29 is 9.90 Å². The van der Waals surface area contributed by atoms with Crippen molar-refractivity contribution >= 4 is 16.8 Å². The van der Waals surface area contributed by atoms with Crippen molar-refractivity contribution in [1.29, 1.82) is 0 Å². The molecule has 1 aliphatic carbocycles. The van der Waals surface area contributed by atoms with Gasteiger partial charge in [0.05, 0.1) is 11.6 Å². The Labute approximate surface area is 236 Å². The van der Waals surface area contributed by atoms with Crippen LogP contribution in [0.5, 0.6) is 0 Å². The molecule has 7 nitrogen and oxygen atoms in total. The molecule has 2 aromatic heterocycles. The average Bonchev–Trinajstić information content (AvgIpc) is 3.38. The largest absolute Gasteiger partial charge is 0.393 e. The zero-order valence-electron chi connectivity index (χ0n) is 23.7. The van der Waals surface area contributed by atoms with Gasteiger partial charge >= 0.3 is 0 Å². The number of hydrogen-bond donors (Lipinski definition) is 3. The van der Waals surface area contributed by atoms with Crippen LogP contribution < -0.4 is 5.32 Å². The number of aromatic amines is 1. The maximum atomic E-state index is 13.4. The number of benzene rings is 1. The van der Waals surface area contributed by atoms with Crippen molar-refractivity contribution in [1.82, 2.24) is 25.4 Å². The van der Waals surface area contributed by atoms with E-state index in [4.69, 9.17) is 0 Å². The van der Waals surface area contributed by atoms with Crippen LogP contribution in [0.15, 0.2) is 84.4 Å². The average molecular weight is 538 g/mol. The molecule has 1 aliphatic heterocycles. The Hall–Kier alpha value is -3.81. The molecule has 3 aromatic rings. The first-order valence-electron chi connectivity index (χ1n) is 14.1. The summed E-state index contributed by atoms with van der Waals surface area (Å²) in [6, 6.07) is 8.15. The van der Waals surface area contributed by atoms with Gasteiger partial charge in [0.1, 0.15) is 0 Å². The molecule has 1 amide bonds. The molecular formula is C33H39N5O2. The second-order valence-corrected chi connectivity index (χ2v) is 11.4. The summed E-state index contributed by atoms with van der Waals surface area (Å²) in [5, 5.41) is 21.0. The number of aliphatic hydroxyl groups excluding tert-OH is 1. The molecular weight excluding hydrogens is 498 g/mol. The number of allylic oxidation sites excluding steroid dienone is 7. The molecule has 1 fully saturated rings. The quantitative estimate of drug-likeness (QED) is 0.303. The first-order valence-corrected chi connectivity index (χ1v) is 14.1. The van der Waals surface area contributed by atoms with E-state index in [0.29, 0.717) is 5.69 Å². The Morgan fingerprint density at radius 3 is 2.77 bits per heavy atom. The van der Waals surface area contributed by atoms with Gasteiger partial charge in [0.15, 0.2) is 5.69 Å². The summed E-state index contributed by atoms with van der Waals surface area (Å²) in [6.45, 7) is 8.89. The van der Waals surface area contributed by atoms with E-state index >= 15 is 0 Å². The Morgan fingerprint density at radius 1 is 1.20 bits per heavy atom. The van der Waals surface area contributed by atoms with Crippen molar-refractivity contribution in [2.75, 3.05) is 13.1 Å². The van der Waals surface area contributed by atoms with Crippen LogP contribution in [0, 0.1) is 5.41 Å². The van der Waals surface area contributed by atoms with Crippen molar-refractivity contribution in [2.24, 2.45) is 5.41 Å². The predicted molar refractivity (Wildman–Crippen MR) is 160 cm³/mol. The molecule has 5 rings (SSSR count). The van der Waals surface area contributed by atoms with E-state index in [9.17, 15) is 9.90 Å². The molecule has 2 aliphatic rings. The molecule has 1 saturated heterocycles. The molecule has 3 N–H and O–H groups in total. The number of piperidine rings is 1. The number of carbonyl (C=O) groups is 1. The fourth-order valence-corrected chi connectivity index (χ4v) is 5.67. The van der Waals surface area contributed by atoms with Crippen LogP contribution in [0.3, 0.4) is 0 Å². The van der Waals surface area contributed by atoms with Crippen molar-refractivity contribution in [3.63, 3.8) is 0 Å². The number of rotatable bonds is 8. The molecule has 208 valence electrons. The Balaban J connectivity index is 1.31. The van der Waals surface area contributed by atoms with Gasteiger partial charge in [0.2, 0.25) is 0 Å². The molecule has 0 bridgehead atoms. The van der Waals surface area contributed by atoms with E-state index in [1.165, 1.54) is 5.57 Å². The van der Waals surface area contributed by atoms with Crippen molar-refractivity contribution in [3.8, 4) is 11.1 Å². The van der Waals surface area contributed by atoms with Crippen molar-refractivity contribution in [3.05, 3.63) is 95.6 Å². The van der Waals surface area contributed by atoms with Crippen LogP contribution >= 0.6 is 0 Å². The van der Waals surface area contributed by atoms with Crippen LogP contribution in [0.25, 0.3) is 22.0 Å². The SMILES string of the molecule is C/C=C(\C=C(/C)CC1(C)C=CC=CC1)NC(=O)c1n[nH]c2ccc(-c3cncc(CN4CCC(O)CC4)c3)cc12. The van der Waals surface area contributed by atoms with E-state index in [1.54, 1.807) is 0 Å². The number of pyridine rings is 1. The summed E-state index contributed by atoms with van der Waals surface area (Å²) in [5.41, 5.74) is 6.35. The number of H-pyrrole nitrogens is 1. The lowest BCUT2D eigenvalue weighted by molar-refractivity contribution is 0.0792. The highest BCUT2D eigenvalue weighted by molar-refractivity contribution is 6.06. The number of nitrogens with one attached hydrogen (secondary N) is 2. The maximum Gasteiger partial charge on any atom is 0.276 e. The summed E-state index contributed by atoms with van der Waals surface area (Å²) in [7, 11) is 0. The van der Waals surface area contributed by atoms with Gasteiger partial charge in [0, 0.05) is 48.7 Å². The normalized spacial score (nSPS) is 20.8. The molecule has 1 atom stereocenters. The summed E-state index contributed by atoms with van der Waals surface area (Å²) in [5.74, 6) is -0.244. The molecule has 0 spiro atoms. The maximum absolute atomic E-state index is 13.4. The van der Waals surface area contributed by atoms with E-state index in [-0.39, 0.29) is 17.4 Å². The van der Waals surface area contributed by atoms with Gasteiger partial charge in [-0.1, -0.05) is 48.9 Å². The van der Waals surface area contributed by atoms with Crippen LogP contribution in [-0.2, 0) is 6.54 Å². The number of likely N-dealkylation sites (tertiary alicyclic amines) is 1. The third-order valence-corrected chi connectivity index (χ3v) is 7.85. The van der Waals surface area contributed by atoms with E-state index in [1.807, 2.05) is 43.6 Å². The first kappa shape index (κ1) is 27.7. The van der Waals surface area contributed by atoms with E-state index in [0.717, 1.165) is 78.6 Å². The minimum absolute atomic E-state index is 0.0927. The minimum atomic E-state index is -0.244. The Kier molecular flexibility index (Phi) is 8.43. The number of amides is 1. The van der Waals surface area contributed by atoms with Crippen molar-refractivity contribution in [2.45, 2.75) is 59.1 Å². The van der Waals surface area contributed by atoms with Gasteiger partial charge in [-0.2, -0.15) is 5.10 Å². The van der Waals surface area contributed by atoms with Crippen LogP contribution in [0.4, 0.5) is 0 Å². The summed E-state index contributed by atoms with van der Waals surface area (Å²) in [4.78, 5) is 20.2. The van der Waals surface area contributed by atoms with Gasteiger partial charge < -0.3 is 10.4 Å². The minimum Gasteiger partial charge on any atom is -0.393 e. The molecule has 40 heavy (non-hydrogen) atoms. The fraction of sp³-hybridized carbons (Fsp3) is 0.364. The third-order valence-electron chi connectivity index (χ3n) is 7.85. The number of nitrogens with zero attached hydrogens (tertiary/aromatic N) is 3. The lowest BCUT2D eigenvalue weighted by atomic mass is 9.78. The van der Waals surface area contributed by atoms with Gasteiger partial charge in [0.25, 0.3) is 5.91 Å². The second-order valence-electron chi connectivity index (χ2n) is 11.4. The highest BCUT2D eigenvalue weighted by atomic mass is 16.3. The molecule has 1 unspecified atom stereocenters. The van der Waals surface area contributed by atoms with Crippen LogP contribution in [-0.4, -0.2) is 50.3 Å². The highest BCUT2D eigenvalue weighted by Crippen LogP contribution is 2.34. The van der Waals surface area contributed by atoms with Gasteiger partial charge in [-0.15, -0.1) is 0 Å². The van der Waals surface area contributed by atoms with Crippen LogP contribution in [0.1, 0.15) is 62.5 Å². The third kappa shape index (κ3) is 6.66. The number of carbonyl (C=O) groups excluding carboxylic acids is 1. The number of hydrogen-bond acceptors (Lipinski definition) is 5. The number of aromatic nitrogens is 3. The predicted octanol–water partition coefficient (Wildman–Crippen LogP) is 6.07. The Morgan fingerprint density at radius 2 is 2.02 bits per heavy atom. The molecule has 0 radical (unpaired) electrons. The van der Waals surface area contributed by atoms with Gasteiger partial charge in [-0.05, 0) is 80.3 Å². The Bertz CT molecular complexity index is 1490. The lowest BCUT2D eigenvalue weighted by Crippen LogP contribution is -2.35. The zero-order chi connectivity index (χ0) is 28.1. The number of aliphatic hydroxyl groups is 1. The van der Waals surface area contributed by atoms with E-state index in [2.05, 4.69) is 75.7 Å². The second kappa shape index (κ2) is 12.1. The molecule has 0 saturated carbocycles. The summed E-state index contributed by atoms with van der Waals surface area (Å²) < 4.78 is 0. The monoisotopic (exact) mass is 537 g/mol. The topological polar surface area (TPSA) is 94.1 Å². The van der Waals surface area contributed by atoms with Gasteiger partial charge in [-0.3, -0.25) is 19.8 Å². The standard InChI is InChI=1S/C33H39N5O2/c1-4-27(16-23(2)19-33(3)12-6-5-7-13-33)35-32(40)31-29-18-25(8-9-30(29)36-37-31)26-17-24(20-34-21-26)22-38-14-10-28(39)11-15-38/h4-9,12,16-18,20-21,28,39H,10-11,13-15,19,22H2,1-3H3,(H,35,40)(H,36,37)/b23-16+,27-4+. The summed E-state index contributed by atoms with van der Waals surface area (Å²) in [6.07, 6.45) is 19.8. The van der Waals surface area contributed by atoms with E-state index < -0.39 is 0 Å².